The normalized spacial score (nSPS) is 28.5. The van der Waals surface area contributed by atoms with Crippen molar-refractivity contribution in [1.29, 1.82) is 0 Å². The first kappa shape index (κ1) is 17.4. The Morgan fingerprint density at radius 1 is 1.27 bits per heavy atom. The van der Waals surface area contributed by atoms with E-state index >= 15 is 0 Å². The highest BCUT2D eigenvalue weighted by molar-refractivity contribution is 5.93. The lowest BCUT2D eigenvalue weighted by molar-refractivity contribution is -0.0894. The second-order valence-corrected chi connectivity index (χ2v) is 7.50. The van der Waals surface area contributed by atoms with Crippen LogP contribution < -0.4 is 0 Å². The van der Waals surface area contributed by atoms with Crippen molar-refractivity contribution >= 4 is 11.6 Å². The number of amides is 1. The smallest absolute Gasteiger partial charge is 0.272 e. The molecule has 1 amide bonds. The van der Waals surface area contributed by atoms with E-state index < -0.39 is 0 Å². The van der Waals surface area contributed by atoms with Crippen LogP contribution in [0.25, 0.3) is 5.65 Å². The average Bonchev–Trinajstić information content (AvgIpc) is 3.21. The van der Waals surface area contributed by atoms with Crippen LogP contribution in [-0.2, 0) is 9.47 Å². The van der Waals surface area contributed by atoms with Gasteiger partial charge in [-0.2, -0.15) is 5.10 Å². The molecule has 3 atom stereocenters. The van der Waals surface area contributed by atoms with Gasteiger partial charge in [0, 0.05) is 32.5 Å². The zero-order valence-electron chi connectivity index (χ0n) is 15.9. The molecule has 140 valence electrons. The Labute approximate surface area is 153 Å². The average molecular weight is 358 g/mol. The summed E-state index contributed by atoms with van der Waals surface area (Å²) in [5, 5.41) is 4.41. The summed E-state index contributed by atoms with van der Waals surface area (Å²) in [6.07, 6.45) is 3.74. The lowest BCUT2D eigenvalue weighted by Gasteiger charge is -2.43. The van der Waals surface area contributed by atoms with Crippen LogP contribution in [0.4, 0.5) is 0 Å². The van der Waals surface area contributed by atoms with Crippen LogP contribution in [0.5, 0.6) is 0 Å². The van der Waals surface area contributed by atoms with Crippen LogP contribution >= 0.6 is 0 Å². The second-order valence-electron chi connectivity index (χ2n) is 7.50. The molecule has 1 saturated carbocycles. The number of fused-ring (bicyclic) bond motifs is 2. The van der Waals surface area contributed by atoms with E-state index in [1.165, 1.54) is 0 Å². The highest BCUT2D eigenvalue weighted by atomic mass is 16.5. The molecule has 2 fully saturated rings. The zero-order valence-corrected chi connectivity index (χ0v) is 15.9. The Morgan fingerprint density at radius 2 is 2.08 bits per heavy atom. The highest BCUT2D eigenvalue weighted by Crippen LogP contribution is 2.43. The third-order valence-electron chi connectivity index (χ3n) is 6.08. The van der Waals surface area contributed by atoms with E-state index in [2.05, 4.69) is 10.1 Å². The summed E-state index contributed by atoms with van der Waals surface area (Å²) in [7, 11) is 3.50. The van der Waals surface area contributed by atoms with Gasteiger partial charge in [0.2, 0.25) is 0 Å². The molecule has 0 unspecified atom stereocenters. The number of aryl methyl sites for hydroxylation is 2. The number of carbonyl (C=O) groups excluding carboxylic acids is 1. The van der Waals surface area contributed by atoms with Crippen LogP contribution in [0.3, 0.4) is 0 Å². The number of aromatic nitrogens is 3. The SMILES string of the molecule is CO[C@@H]1CC[C@@]2(OC)CCN(C(=O)c3cc(C)n4nc(C)cc4n3)[C@H]2C1. The third kappa shape index (κ3) is 2.61. The Bertz CT molecular complexity index is 849. The molecule has 0 N–H and O–H groups in total. The molecular weight excluding hydrogens is 332 g/mol. The van der Waals surface area contributed by atoms with Crippen molar-refractivity contribution in [2.24, 2.45) is 0 Å². The Morgan fingerprint density at radius 3 is 2.81 bits per heavy atom. The molecule has 3 heterocycles. The maximum Gasteiger partial charge on any atom is 0.272 e. The number of rotatable bonds is 3. The molecule has 4 rings (SSSR count). The van der Waals surface area contributed by atoms with Crippen molar-refractivity contribution in [1.82, 2.24) is 19.5 Å². The van der Waals surface area contributed by atoms with Crippen LogP contribution in [0.1, 0.15) is 47.6 Å². The summed E-state index contributed by atoms with van der Waals surface area (Å²) in [4.78, 5) is 19.8. The van der Waals surface area contributed by atoms with E-state index in [1.807, 2.05) is 30.9 Å². The Hall–Kier alpha value is -1.99. The molecule has 2 aromatic rings. The van der Waals surface area contributed by atoms with Gasteiger partial charge in [0.1, 0.15) is 5.69 Å². The van der Waals surface area contributed by atoms with E-state index in [0.29, 0.717) is 17.9 Å². The minimum atomic E-state index is -0.253. The predicted molar refractivity (Wildman–Crippen MR) is 96.3 cm³/mol. The fourth-order valence-electron chi connectivity index (χ4n) is 4.62. The van der Waals surface area contributed by atoms with E-state index in [1.54, 1.807) is 18.7 Å². The number of methoxy groups -OCH3 is 2. The van der Waals surface area contributed by atoms with Gasteiger partial charge in [-0.3, -0.25) is 4.79 Å². The number of hydrogen-bond acceptors (Lipinski definition) is 5. The standard InChI is InChI=1S/C19H26N4O3/c1-12-9-17-20-15(10-13(2)23(17)21-12)18(24)22-8-7-19(26-4)6-5-14(25-3)11-16(19)22/h9-10,14,16H,5-8,11H2,1-4H3/t14-,16+,19-/m1/s1. The number of carbonyl (C=O) groups is 1. The number of hydrogen-bond donors (Lipinski definition) is 0. The van der Waals surface area contributed by atoms with Gasteiger partial charge in [-0.05, 0) is 45.6 Å². The number of ether oxygens (including phenoxy) is 2. The van der Waals surface area contributed by atoms with Gasteiger partial charge >= 0.3 is 0 Å². The number of likely N-dealkylation sites (tertiary alicyclic amines) is 1. The summed E-state index contributed by atoms with van der Waals surface area (Å²) < 4.78 is 13.3. The quantitative estimate of drug-likeness (QED) is 0.841. The fourth-order valence-corrected chi connectivity index (χ4v) is 4.62. The summed E-state index contributed by atoms with van der Waals surface area (Å²) in [5.41, 5.74) is 2.72. The first-order valence-electron chi connectivity index (χ1n) is 9.20. The molecule has 1 saturated heterocycles. The van der Waals surface area contributed by atoms with Gasteiger partial charge in [-0.25, -0.2) is 9.50 Å². The molecule has 2 aromatic heterocycles. The van der Waals surface area contributed by atoms with Crippen molar-refractivity contribution in [2.45, 2.75) is 57.3 Å². The first-order valence-corrected chi connectivity index (χ1v) is 9.20. The molecule has 0 bridgehead atoms. The summed E-state index contributed by atoms with van der Waals surface area (Å²) in [6, 6.07) is 3.75. The van der Waals surface area contributed by atoms with Gasteiger partial charge in [0.05, 0.1) is 23.4 Å². The molecule has 26 heavy (non-hydrogen) atoms. The van der Waals surface area contributed by atoms with Crippen molar-refractivity contribution in [3.05, 3.63) is 29.2 Å². The molecule has 0 aromatic carbocycles. The van der Waals surface area contributed by atoms with Gasteiger partial charge < -0.3 is 14.4 Å². The molecule has 7 nitrogen and oxygen atoms in total. The first-order chi connectivity index (χ1) is 12.5. The lowest BCUT2D eigenvalue weighted by atomic mass is 9.79. The monoisotopic (exact) mass is 358 g/mol. The van der Waals surface area contributed by atoms with Crippen LogP contribution in [0.15, 0.2) is 12.1 Å². The highest BCUT2D eigenvalue weighted by Gasteiger charge is 2.52. The van der Waals surface area contributed by atoms with Gasteiger partial charge in [-0.15, -0.1) is 0 Å². The minimum Gasteiger partial charge on any atom is -0.381 e. The zero-order chi connectivity index (χ0) is 18.5. The third-order valence-corrected chi connectivity index (χ3v) is 6.08. The summed E-state index contributed by atoms with van der Waals surface area (Å²) in [5.74, 6) is -0.0323. The van der Waals surface area contributed by atoms with Crippen molar-refractivity contribution in [3.8, 4) is 0 Å². The molecule has 1 aliphatic heterocycles. The predicted octanol–water partition coefficient (Wildman–Crippen LogP) is 2.14. The molecule has 0 radical (unpaired) electrons. The fraction of sp³-hybridized carbons (Fsp3) is 0.632. The van der Waals surface area contributed by atoms with Gasteiger partial charge in [0.15, 0.2) is 5.65 Å². The van der Waals surface area contributed by atoms with Crippen LogP contribution in [0.2, 0.25) is 0 Å². The molecule has 0 spiro atoms. The lowest BCUT2D eigenvalue weighted by Crippen LogP contribution is -2.53. The Kier molecular flexibility index (Phi) is 4.23. The summed E-state index contributed by atoms with van der Waals surface area (Å²) in [6.45, 7) is 4.57. The minimum absolute atomic E-state index is 0.0312. The van der Waals surface area contributed by atoms with Gasteiger partial charge in [0.25, 0.3) is 5.91 Å². The van der Waals surface area contributed by atoms with E-state index in [4.69, 9.17) is 9.47 Å². The van der Waals surface area contributed by atoms with Crippen molar-refractivity contribution in [2.75, 3.05) is 20.8 Å². The van der Waals surface area contributed by atoms with E-state index in [-0.39, 0.29) is 23.7 Å². The Balaban J connectivity index is 1.67. The van der Waals surface area contributed by atoms with E-state index in [0.717, 1.165) is 37.1 Å². The van der Waals surface area contributed by atoms with Crippen LogP contribution in [0, 0.1) is 13.8 Å². The largest absolute Gasteiger partial charge is 0.381 e. The van der Waals surface area contributed by atoms with Crippen molar-refractivity contribution < 1.29 is 14.3 Å². The van der Waals surface area contributed by atoms with E-state index in [9.17, 15) is 4.79 Å². The maximum absolute atomic E-state index is 13.3. The van der Waals surface area contributed by atoms with Gasteiger partial charge in [-0.1, -0.05) is 0 Å². The summed E-state index contributed by atoms with van der Waals surface area (Å²) >= 11 is 0. The topological polar surface area (TPSA) is 69.0 Å². The maximum atomic E-state index is 13.3. The number of nitrogens with zero attached hydrogens (tertiary/aromatic N) is 4. The van der Waals surface area contributed by atoms with Crippen LogP contribution in [-0.4, -0.2) is 63.9 Å². The second kappa shape index (κ2) is 6.32. The molecule has 1 aliphatic carbocycles. The molecule has 2 aliphatic rings. The molecular formula is C19H26N4O3. The van der Waals surface area contributed by atoms with Crippen molar-refractivity contribution in [3.63, 3.8) is 0 Å². The molecule has 7 heteroatoms.